The lowest BCUT2D eigenvalue weighted by Crippen LogP contribution is -2.25. The zero-order chi connectivity index (χ0) is 15.1. The Balaban J connectivity index is 2.57. The van der Waals surface area contributed by atoms with Crippen LogP contribution in [0.3, 0.4) is 0 Å². The zero-order valence-electron chi connectivity index (χ0n) is 11.8. The van der Waals surface area contributed by atoms with Crippen molar-refractivity contribution in [1.82, 2.24) is 14.3 Å². The fourth-order valence-electron chi connectivity index (χ4n) is 2.78. The molecule has 2 heterocycles. The van der Waals surface area contributed by atoms with Crippen molar-refractivity contribution < 1.29 is 9.90 Å². The summed E-state index contributed by atoms with van der Waals surface area (Å²) in [5.74, 6) is -0.945. The standard InChI is InChI=1S/C15H15N3O3/c1-3-11(15(20)21)18-12-7-5-4-6-9(12)10-8-16-17(2)14(19)13(10)18/h4-8,11H,3H2,1-2H3,(H,20,21)/t11-/m0/s1. The lowest BCUT2D eigenvalue weighted by atomic mass is 10.2. The van der Waals surface area contributed by atoms with Gasteiger partial charge in [-0.05, 0) is 12.5 Å². The quantitative estimate of drug-likeness (QED) is 0.797. The minimum atomic E-state index is -0.945. The number of carbonyl (C=O) groups is 1. The van der Waals surface area contributed by atoms with E-state index in [0.717, 1.165) is 10.9 Å². The molecule has 21 heavy (non-hydrogen) atoms. The van der Waals surface area contributed by atoms with Crippen LogP contribution in [-0.2, 0) is 11.8 Å². The monoisotopic (exact) mass is 285 g/mol. The second-order valence-electron chi connectivity index (χ2n) is 4.99. The van der Waals surface area contributed by atoms with Crippen molar-refractivity contribution in [2.24, 2.45) is 7.05 Å². The average Bonchev–Trinajstić information content (AvgIpc) is 2.79. The number of fused-ring (bicyclic) bond motifs is 3. The number of aliphatic carboxylic acids is 1. The Morgan fingerprint density at radius 3 is 2.71 bits per heavy atom. The Morgan fingerprint density at radius 1 is 1.33 bits per heavy atom. The number of nitrogens with zero attached hydrogens (tertiary/aromatic N) is 3. The van der Waals surface area contributed by atoms with Crippen LogP contribution >= 0.6 is 0 Å². The molecule has 0 aliphatic rings. The van der Waals surface area contributed by atoms with Gasteiger partial charge in [0.1, 0.15) is 11.6 Å². The molecule has 2 aromatic heterocycles. The highest BCUT2D eigenvalue weighted by atomic mass is 16.4. The number of carboxylic acid groups (broad SMARTS) is 1. The van der Waals surface area contributed by atoms with Gasteiger partial charge in [0.25, 0.3) is 5.56 Å². The van der Waals surface area contributed by atoms with Crippen molar-refractivity contribution in [2.75, 3.05) is 0 Å². The van der Waals surface area contributed by atoms with Crippen molar-refractivity contribution in [1.29, 1.82) is 0 Å². The first-order chi connectivity index (χ1) is 10.1. The van der Waals surface area contributed by atoms with Crippen LogP contribution in [0.2, 0.25) is 0 Å². The number of aromatic nitrogens is 3. The minimum absolute atomic E-state index is 0.289. The first-order valence-electron chi connectivity index (χ1n) is 6.74. The van der Waals surface area contributed by atoms with Gasteiger partial charge < -0.3 is 9.67 Å². The molecule has 0 spiro atoms. The van der Waals surface area contributed by atoms with Crippen LogP contribution in [0.15, 0.2) is 35.3 Å². The zero-order valence-corrected chi connectivity index (χ0v) is 11.8. The number of benzene rings is 1. The largest absolute Gasteiger partial charge is 0.480 e. The van der Waals surface area contributed by atoms with Crippen molar-refractivity contribution in [3.63, 3.8) is 0 Å². The van der Waals surface area contributed by atoms with Gasteiger partial charge in [0.15, 0.2) is 0 Å². The number of para-hydroxylation sites is 1. The topological polar surface area (TPSA) is 77.1 Å². The van der Waals surface area contributed by atoms with Gasteiger partial charge in [0.2, 0.25) is 0 Å². The van der Waals surface area contributed by atoms with E-state index in [2.05, 4.69) is 5.10 Å². The molecular formula is C15H15N3O3. The van der Waals surface area contributed by atoms with E-state index in [1.165, 1.54) is 4.68 Å². The third-order valence-corrected chi connectivity index (χ3v) is 3.79. The predicted octanol–water partition coefficient (Wildman–Crippen LogP) is 1.92. The molecule has 0 bridgehead atoms. The fraction of sp³-hybridized carbons (Fsp3) is 0.267. The van der Waals surface area contributed by atoms with Crippen molar-refractivity contribution in [3.8, 4) is 0 Å². The molecule has 1 N–H and O–H groups in total. The molecular weight excluding hydrogens is 270 g/mol. The molecule has 0 radical (unpaired) electrons. The summed E-state index contributed by atoms with van der Waals surface area (Å²) in [6.45, 7) is 1.80. The summed E-state index contributed by atoms with van der Waals surface area (Å²) in [7, 11) is 1.56. The summed E-state index contributed by atoms with van der Waals surface area (Å²) in [5.41, 5.74) is 0.846. The SMILES string of the molecule is CC[C@@H](C(=O)O)n1c2ccccc2c2cnn(C)c(=O)c21. The molecule has 0 unspecified atom stereocenters. The number of hydrogen-bond donors (Lipinski definition) is 1. The van der Waals surface area contributed by atoms with Gasteiger partial charge in [0.05, 0.1) is 11.7 Å². The molecule has 0 saturated carbocycles. The van der Waals surface area contributed by atoms with Gasteiger partial charge in [-0.1, -0.05) is 25.1 Å². The molecule has 6 nitrogen and oxygen atoms in total. The molecule has 3 rings (SSSR count). The van der Waals surface area contributed by atoms with E-state index in [1.54, 1.807) is 24.7 Å². The third kappa shape index (κ3) is 1.83. The first kappa shape index (κ1) is 13.4. The molecule has 6 heteroatoms. The summed E-state index contributed by atoms with van der Waals surface area (Å²) in [5, 5.41) is 15.1. The highest BCUT2D eigenvalue weighted by Gasteiger charge is 2.24. The van der Waals surface area contributed by atoms with Crippen LogP contribution < -0.4 is 5.56 Å². The van der Waals surface area contributed by atoms with Gasteiger partial charge >= 0.3 is 5.97 Å². The van der Waals surface area contributed by atoms with Crippen LogP contribution in [0.25, 0.3) is 21.8 Å². The van der Waals surface area contributed by atoms with Gasteiger partial charge in [-0.3, -0.25) is 4.79 Å². The molecule has 0 saturated heterocycles. The number of carboxylic acids is 1. The highest BCUT2D eigenvalue weighted by molar-refractivity contribution is 6.08. The molecule has 1 atom stereocenters. The Hall–Kier alpha value is -2.63. The number of hydrogen-bond acceptors (Lipinski definition) is 3. The fourth-order valence-corrected chi connectivity index (χ4v) is 2.78. The maximum Gasteiger partial charge on any atom is 0.326 e. The Kier molecular flexibility index (Phi) is 3.01. The molecule has 3 aromatic rings. The second-order valence-corrected chi connectivity index (χ2v) is 4.99. The normalized spacial score (nSPS) is 12.9. The summed E-state index contributed by atoms with van der Waals surface area (Å²) in [4.78, 5) is 24.0. The van der Waals surface area contributed by atoms with Crippen LogP contribution in [0.4, 0.5) is 0 Å². The first-order valence-corrected chi connectivity index (χ1v) is 6.74. The van der Waals surface area contributed by atoms with Crippen LogP contribution in [0.5, 0.6) is 0 Å². The van der Waals surface area contributed by atoms with Crippen LogP contribution in [0.1, 0.15) is 19.4 Å². The Bertz CT molecular complexity index is 908. The van der Waals surface area contributed by atoms with E-state index < -0.39 is 12.0 Å². The van der Waals surface area contributed by atoms with Crippen molar-refractivity contribution in [2.45, 2.75) is 19.4 Å². The summed E-state index contributed by atoms with van der Waals surface area (Å²) in [6.07, 6.45) is 2.01. The molecule has 108 valence electrons. The molecule has 1 aromatic carbocycles. The summed E-state index contributed by atoms with van der Waals surface area (Å²) >= 11 is 0. The molecule has 0 aliphatic carbocycles. The van der Waals surface area contributed by atoms with E-state index in [4.69, 9.17) is 0 Å². The molecule has 0 amide bonds. The van der Waals surface area contributed by atoms with E-state index >= 15 is 0 Å². The lowest BCUT2D eigenvalue weighted by Gasteiger charge is -2.14. The van der Waals surface area contributed by atoms with Gasteiger partial charge in [-0.25, -0.2) is 9.48 Å². The van der Waals surface area contributed by atoms with Gasteiger partial charge in [0, 0.05) is 17.8 Å². The van der Waals surface area contributed by atoms with Crippen molar-refractivity contribution in [3.05, 3.63) is 40.8 Å². The predicted molar refractivity (Wildman–Crippen MR) is 79.4 cm³/mol. The Labute approximate surface area is 120 Å². The van der Waals surface area contributed by atoms with E-state index in [9.17, 15) is 14.7 Å². The Morgan fingerprint density at radius 2 is 2.05 bits per heavy atom. The van der Waals surface area contributed by atoms with Crippen LogP contribution in [-0.4, -0.2) is 25.4 Å². The summed E-state index contributed by atoms with van der Waals surface area (Å²) < 4.78 is 2.85. The highest BCUT2D eigenvalue weighted by Crippen LogP contribution is 2.30. The third-order valence-electron chi connectivity index (χ3n) is 3.79. The smallest absolute Gasteiger partial charge is 0.326 e. The number of aryl methyl sites for hydroxylation is 1. The van der Waals surface area contributed by atoms with Crippen LogP contribution in [0, 0.1) is 0 Å². The maximum absolute atomic E-state index is 12.4. The second kappa shape index (κ2) is 4.73. The number of rotatable bonds is 3. The van der Waals surface area contributed by atoms with E-state index in [0.29, 0.717) is 17.3 Å². The average molecular weight is 285 g/mol. The molecule has 0 fully saturated rings. The van der Waals surface area contributed by atoms with Gasteiger partial charge in [-0.2, -0.15) is 5.10 Å². The molecule has 0 aliphatic heterocycles. The van der Waals surface area contributed by atoms with E-state index in [1.807, 2.05) is 24.3 Å². The summed E-state index contributed by atoms with van der Waals surface area (Å²) in [6, 6.07) is 6.64. The van der Waals surface area contributed by atoms with Gasteiger partial charge in [-0.15, -0.1) is 0 Å². The van der Waals surface area contributed by atoms with E-state index in [-0.39, 0.29) is 5.56 Å². The maximum atomic E-state index is 12.4. The van der Waals surface area contributed by atoms with Crippen molar-refractivity contribution >= 4 is 27.8 Å². The minimum Gasteiger partial charge on any atom is -0.480 e. The lowest BCUT2D eigenvalue weighted by molar-refractivity contribution is -0.140.